The van der Waals surface area contributed by atoms with Crippen molar-refractivity contribution in [3.8, 4) is 0 Å². The molecule has 0 bridgehead atoms. The lowest BCUT2D eigenvalue weighted by atomic mass is 10.2. The molecule has 1 aromatic heterocycles. The largest absolute Gasteiger partial charge is 0.344 e. The number of rotatable bonds is 1. The molecule has 0 aliphatic carbocycles. The zero-order valence-corrected chi connectivity index (χ0v) is 11.4. The molecule has 2 rings (SSSR count). The van der Waals surface area contributed by atoms with E-state index in [-0.39, 0.29) is 24.4 Å². The van der Waals surface area contributed by atoms with E-state index in [1.807, 2.05) is 35.6 Å². The lowest BCUT2D eigenvalue weighted by Gasteiger charge is -2.34. The first-order chi connectivity index (χ1) is 7.61. The molecular weight excluding hydrogens is 238 g/mol. The third kappa shape index (κ3) is 2.64. The molecule has 0 saturated carbocycles. The summed E-state index contributed by atoms with van der Waals surface area (Å²) in [7, 11) is 1.94. The van der Waals surface area contributed by atoms with Gasteiger partial charge in [0.25, 0.3) is 5.91 Å². The van der Waals surface area contributed by atoms with Gasteiger partial charge in [0.15, 0.2) is 0 Å². The Morgan fingerprint density at radius 1 is 1.47 bits per heavy atom. The normalized spacial score (nSPS) is 19.9. The molecule has 1 aliphatic rings. The summed E-state index contributed by atoms with van der Waals surface area (Å²) in [6.07, 6.45) is 0. The number of carbonyl (C=O) groups is 1. The highest BCUT2D eigenvalue weighted by molar-refractivity contribution is 5.93. The summed E-state index contributed by atoms with van der Waals surface area (Å²) in [6.45, 7) is 6.66. The monoisotopic (exact) mass is 257 g/mol. The van der Waals surface area contributed by atoms with Crippen molar-refractivity contribution in [2.24, 2.45) is 7.05 Å². The predicted molar refractivity (Wildman–Crippen MR) is 70.8 cm³/mol. The second-order valence-electron chi connectivity index (χ2n) is 4.47. The zero-order chi connectivity index (χ0) is 11.7. The number of piperazine rings is 1. The second-order valence-corrected chi connectivity index (χ2v) is 4.47. The van der Waals surface area contributed by atoms with Gasteiger partial charge in [-0.2, -0.15) is 0 Å². The second kappa shape index (κ2) is 5.56. The van der Waals surface area contributed by atoms with Crippen LogP contribution in [0.4, 0.5) is 0 Å². The first-order valence-electron chi connectivity index (χ1n) is 5.75. The molecule has 4 nitrogen and oxygen atoms in total. The maximum absolute atomic E-state index is 12.3. The van der Waals surface area contributed by atoms with Gasteiger partial charge < -0.3 is 14.8 Å². The van der Waals surface area contributed by atoms with Crippen LogP contribution in [-0.2, 0) is 7.05 Å². The maximum Gasteiger partial charge on any atom is 0.270 e. The fourth-order valence-electron chi connectivity index (χ4n) is 2.12. The minimum Gasteiger partial charge on any atom is -0.344 e. The number of carbonyl (C=O) groups excluding carboxylic acids is 1. The summed E-state index contributed by atoms with van der Waals surface area (Å²) in [5, 5.41) is 3.29. The lowest BCUT2D eigenvalue weighted by molar-refractivity contribution is 0.0645. The van der Waals surface area contributed by atoms with Crippen LogP contribution < -0.4 is 5.32 Å². The fraction of sp³-hybridized carbons (Fsp3) is 0.583. The van der Waals surface area contributed by atoms with Gasteiger partial charge >= 0.3 is 0 Å². The number of nitrogens with one attached hydrogen (secondary N) is 1. The Balaban J connectivity index is 0.00000144. The Morgan fingerprint density at radius 3 is 2.71 bits per heavy atom. The van der Waals surface area contributed by atoms with E-state index < -0.39 is 0 Å². The Bertz CT molecular complexity index is 402. The molecule has 17 heavy (non-hydrogen) atoms. The van der Waals surface area contributed by atoms with E-state index >= 15 is 0 Å². The van der Waals surface area contributed by atoms with E-state index in [0.29, 0.717) is 0 Å². The third-order valence-corrected chi connectivity index (χ3v) is 3.35. The van der Waals surface area contributed by atoms with Crippen molar-refractivity contribution in [1.82, 2.24) is 14.8 Å². The maximum atomic E-state index is 12.3. The molecule has 0 radical (unpaired) electrons. The Morgan fingerprint density at radius 2 is 2.18 bits per heavy atom. The lowest BCUT2D eigenvalue weighted by Crippen LogP contribution is -2.52. The van der Waals surface area contributed by atoms with Crippen LogP contribution in [-0.4, -0.2) is 41.1 Å². The molecule has 0 unspecified atom stereocenters. The van der Waals surface area contributed by atoms with Crippen molar-refractivity contribution >= 4 is 18.3 Å². The highest BCUT2D eigenvalue weighted by Gasteiger charge is 2.25. The minimum absolute atomic E-state index is 0. The van der Waals surface area contributed by atoms with Crippen LogP contribution in [0.25, 0.3) is 0 Å². The van der Waals surface area contributed by atoms with Crippen molar-refractivity contribution in [2.45, 2.75) is 19.9 Å². The topological polar surface area (TPSA) is 37.3 Å². The van der Waals surface area contributed by atoms with Crippen LogP contribution in [0, 0.1) is 6.92 Å². The molecule has 1 aromatic rings. The van der Waals surface area contributed by atoms with Crippen LogP contribution in [0.5, 0.6) is 0 Å². The molecule has 0 aromatic carbocycles. The summed E-state index contributed by atoms with van der Waals surface area (Å²) in [4.78, 5) is 14.3. The van der Waals surface area contributed by atoms with E-state index in [9.17, 15) is 4.79 Å². The SMILES string of the molecule is Cc1ccc(C(=O)N2CCNC[C@H]2C)n1C.Cl. The summed E-state index contributed by atoms with van der Waals surface area (Å²) in [5.41, 5.74) is 1.90. The van der Waals surface area contributed by atoms with Crippen molar-refractivity contribution in [3.05, 3.63) is 23.5 Å². The van der Waals surface area contributed by atoms with Crippen molar-refractivity contribution in [2.75, 3.05) is 19.6 Å². The van der Waals surface area contributed by atoms with E-state index in [0.717, 1.165) is 31.0 Å². The number of aryl methyl sites for hydroxylation is 1. The Kier molecular flexibility index (Phi) is 4.60. The minimum atomic E-state index is 0. The zero-order valence-electron chi connectivity index (χ0n) is 10.6. The third-order valence-electron chi connectivity index (χ3n) is 3.35. The van der Waals surface area contributed by atoms with Gasteiger partial charge in [0, 0.05) is 38.4 Å². The molecule has 0 spiro atoms. The molecule has 1 saturated heterocycles. The van der Waals surface area contributed by atoms with Gasteiger partial charge in [0.1, 0.15) is 5.69 Å². The number of nitrogens with zero attached hydrogens (tertiary/aromatic N) is 2. The average molecular weight is 258 g/mol. The molecule has 96 valence electrons. The summed E-state index contributed by atoms with van der Waals surface area (Å²) in [5.74, 6) is 0.143. The van der Waals surface area contributed by atoms with Gasteiger partial charge in [-0.1, -0.05) is 0 Å². The summed E-state index contributed by atoms with van der Waals surface area (Å²) >= 11 is 0. The molecule has 2 heterocycles. The van der Waals surface area contributed by atoms with E-state index in [1.54, 1.807) is 0 Å². The van der Waals surface area contributed by atoms with Gasteiger partial charge in [0.2, 0.25) is 0 Å². The number of aromatic nitrogens is 1. The van der Waals surface area contributed by atoms with Crippen LogP contribution in [0.1, 0.15) is 23.1 Å². The highest BCUT2D eigenvalue weighted by Crippen LogP contribution is 2.12. The van der Waals surface area contributed by atoms with Crippen LogP contribution in [0.3, 0.4) is 0 Å². The van der Waals surface area contributed by atoms with Crippen molar-refractivity contribution < 1.29 is 4.79 Å². The highest BCUT2D eigenvalue weighted by atomic mass is 35.5. The van der Waals surface area contributed by atoms with E-state index in [4.69, 9.17) is 0 Å². The van der Waals surface area contributed by atoms with Gasteiger partial charge in [-0.05, 0) is 26.0 Å². The first-order valence-corrected chi connectivity index (χ1v) is 5.75. The average Bonchev–Trinajstić information content (AvgIpc) is 2.60. The molecule has 5 heteroatoms. The van der Waals surface area contributed by atoms with Gasteiger partial charge in [-0.3, -0.25) is 4.79 Å². The van der Waals surface area contributed by atoms with Gasteiger partial charge in [-0.25, -0.2) is 0 Å². The summed E-state index contributed by atoms with van der Waals surface area (Å²) in [6, 6.07) is 4.17. The Labute approximate surface area is 108 Å². The van der Waals surface area contributed by atoms with Crippen molar-refractivity contribution in [1.29, 1.82) is 0 Å². The molecule has 1 amide bonds. The van der Waals surface area contributed by atoms with E-state index in [1.165, 1.54) is 0 Å². The molecule has 1 atom stereocenters. The smallest absolute Gasteiger partial charge is 0.270 e. The standard InChI is InChI=1S/C12H19N3O.ClH/c1-9-4-5-11(14(9)3)12(16)15-7-6-13-8-10(15)2;/h4-5,10,13H,6-8H2,1-3H3;1H/t10-;/m1./s1. The molecule has 1 aliphatic heterocycles. The molecular formula is C12H20ClN3O. The predicted octanol–water partition coefficient (Wildman–Crippen LogP) is 1.19. The molecule has 1 N–H and O–H groups in total. The number of hydrogen-bond donors (Lipinski definition) is 1. The van der Waals surface area contributed by atoms with Gasteiger partial charge in [-0.15, -0.1) is 12.4 Å². The van der Waals surface area contributed by atoms with E-state index in [2.05, 4.69) is 12.2 Å². The summed E-state index contributed by atoms with van der Waals surface area (Å²) < 4.78 is 1.96. The number of halogens is 1. The molecule has 1 fully saturated rings. The number of amides is 1. The fourth-order valence-corrected chi connectivity index (χ4v) is 2.12. The number of hydrogen-bond acceptors (Lipinski definition) is 2. The Hall–Kier alpha value is -1.00. The van der Waals surface area contributed by atoms with Crippen molar-refractivity contribution in [3.63, 3.8) is 0 Å². The van der Waals surface area contributed by atoms with Crippen LogP contribution in [0.2, 0.25) is 0 Å². The van der Waals surface area contributed by atoms with Crippen LogP contribution >= 0.6 is 12.4 Å². The van der Waals surface area contributed by atoms with Gasteiger partial charge in [0.05, 0.1) is 0 Å². The first kappa shape index (κ1) is 14.1. The quantitative estimate of drug-likeness (QED) is 0.821. The van der Waals surface area contributed by atoms with Crippen LogP contribution in [0.15, 0.2) is 12.1 Å².